The number of rotatable bonds is 6. The van der Waals surface area contributed by atoms with Crippen LogP contribution in [0.2, 0.25) is 0 Å². The SMILES string of the molecule is O=C(CNC(=O)c1ccc(Br)o1)Nc1nc2c(s1)CN(Cc1ccccc1)CC2. The quantitative estimate of drug-likeness (QED) is 0.571. The predicted molar refractivity (Wildman–Crippen MR) is 114 cm³/mol. The minimum absolute atomic E-state index is 0.146. The van der Waals surface area contributed by atoms with Crippen molar-refractivity contribution >= 4 is 44.2 Å². The van der Waals surface area contributed by atoms with E-state index in [4.69, 9.17) is 4.42 Å². The van der Waals surface area contributed by atoms with E-state index in [1.165, 1.54) is 27.8 Å². The summed E-state index contributed by atoms with van der Waals surface area (Å²) in [6.45, 7) is 2.51. The first kappa shape index (κ1) is 19.8. The van der Waals surface area contributed by atoms with Gasteiger partial charge in [-0.1, -0.05) is 30.3 Å². The third-order valence-corrected chi connectivity index (χ3v) is 5.94. The number of halogens is 1. The molecule has 1 aliphatic rings. The van der Waals surface area contributed by atoms with Crippen molar-refractivity contribution in [2.24, 2.45) is 0 Å². The molecule has 3 aromatic rings. The molecule has 0 fully saturated rings. The maximum absolute atomic E-state index is 12.2. The Hall–Kier alpha value is -2.49. The van der Waals surface area contributed by atoms with E-state index < -0.39 is 5.91 Å². The van der Waals surface area contributed by atoms with Gasteiger partial charge in [0.15, 0.2) is 15.6 Å². The zero-order valence-corrected chi connectivity index (χ0v) is 17.9. The van der Waals surface area contributed by atoms with Crippen LogP contribution in [0.4, 0.5) is 5.13 Å². The molecular weight excluding hydrogens is 456 g/mol. The second kappa shape index (κ2) is 8.89. The van der Waals surface area contributed by atoms with E-state index in [9.17, 15) is 9.59 Å². The van der Waals surface area contributed by atoms with Crippen molar-refractivity contribution in [1.82, 2.24) is 15.2 Å². The maximum Gasteiger partial charge on any atom is 0.287 e. The highest BCUT2D eigenvalue weighted by Gasteiger charge is 2.21. The van der Waals surface area contributed by atoms with Crippen molar-refractivity contribution in [3.8, 4) is 0 Å². The lowest BCUT2D eigenvalue weighted by atomic mass is 10.1. The molecule has 2 amide bonds. The monoisotopic (exact) mass is 474 g/mol. The van der Waals surface area contributed by atoms with Crippen LogP contribution in [0.15, 0.2) is 51.6 Å². The number of nitrogens with zero attached hydrogens (tertiary/aromatic N) is 2. The highest BCUT2D eigenvalue weighted by molar-refractivity contribution is 9.10. The lowest BCUT2D eigenvalue weighted by Gasteiger charge is -2.25. The first-order valence-corrected chi connectivity index (χ1v) is 10.8. The number of carbonyl (C=O) groups is 2. The number of nitrogens with one attached hydrogen (secondary N) is 2. The molecule has 2 N–H and O–H groups in total. The summed E-state index contributed by atoms with van der Waals surface area (Å²) in [5.41, 5.74) is 2.33. The number of hydrogen-bond acceptors (Lipinski definition) is 6. The molecule has 9 heteroatoms. The summed E-state index contributed by atoms with van der Waals surface area (Å²) in [6, 6.07) is 13.5. The molecule has 7 nitrogen and oxygen atoms in total. The molecule has 3 heterocycles. The lowest BCUT2D eigenvalue weighted by molar-refractivity contribution is -0.115. The molecule has 0 atom stereocenters. The van der Waals surface area contributed by atoms with Gasteiger partial charge in [0, 0.05) is 30.9 Å². The molecule has 0 aliphatic carbocycles. The summed E-state index contributed by atoms with van der Waals surface area (Å²) in [4.78, 5) is 32.2. The summed E-state index contributed by atoms with van der Waals surface area (Å²) >= 11 is 4.63. The summed E-state index contributed by atoms with van der Waals surface area (Å²) in [5, 5.41) is 5.87. The minimum atomic E-state index is -0.444. The fourth-order valence-corrected chi connectivity index (χ4v) is 4.50. The van der Waals surface area contributed by atoms with Gasteiger partial charge in [-0.05, 0) is 33.6 Å². The zero-order chi connectivity index (χ0) is 20.2. The molecule has 0 radical (unpaired) electrons. The van der Waals surface area contributed by atoms with E-state index >= 15 is 0 Å². The van der Waals surface area contributed by atoms with Crippen LogP contribution < -0.4 is 10.6 Å². The van der Waals surface area contributed by atoms with Crippen molar-refractivity contribution < 1.29 is 14.0 Å². The minimum Gasteiger partial charge on any atom is -0.444 e. The van der Waals surface area contributed by atoms with Crippen LogP contribution >= 0.6 is 27.3 Å². The van der Waals surface area contributed by atoms with Crippen LogP contribution in [0.1, 0.15) is 26.7 Å². The predicted octanol–water partition coefficient (Wildman–Crippen LogP) is 3.43. The standard InChI is InChI=1S/C20H19BrN4O3S/c21-17-7-6-15(28-17)19(27)22-10-18(26)24-20-23-14-8-9-25(12-16(14)29-20)11-13-4-2-1-3-5-13/h1-7H,8-12H2,(H,22,27)(H,23,24,26). The molecule has 0 unspecified atom stereocenters. The third kappa shape index (κ3) is 5.11. The van der Waals surface area contributed by atoms with Gasteiger partial charge in [-0.25, -0.2) is 4.98 Å². The van der Waals surface area contributed by atoms with E-state index in [0.29, 0.717) is 9.80 Å². The number of aromatic nitrogens is 1. The van der Waals surface area contributed by atoms with Crippen LogP contribution in [0.5, 0.6) is 0 Å². The van der Waals surface area contributed by atoms with Crippen molar-refractivity contribution in [3.63, 3.8) is 0 Å². The largest absolute Gasteiger partial charge is 0.444 e. The Kier molecular flexibility index (Phi) is 6.08. The molecule has 1 aliphatic heterocycles. The normalized spacial score (nSPS) is 13.7. The van der Waals surface area contributed by atoms with Gasteiger partial charge < -0.3 is 15.1 Å². The van der Waals surface area contributed by atoms with Gasteiger partial charge in [0.2, 0.25) is 5.91 Å². The Bertz CT molecular complexity index is 1020. The van der Waals surface area contributed by atoms with E-state index in [-0.39, 0.29) is 18.2 Å². The van der Waals surface area contributed by atoms with Gasteiger partial charge in [0.1, 0.15) is 0 Å². The average molecular weight is 475 g/mol. The summed E-state index contributed by atoms with van der Waals surface area (Å²) in [5.74, 6) is -0.620. The fraction of sp³-hybridized carbons (Fsp3) is 0.250. The molecule has 150 valence electrons. The molecule has 2 aromatic heterocycles. The first-order chi connectivity index (χ1) is 14.1. The Labute approximate surface area is 180 Å². The van der Waals surface area contributed by atoms with Crippen LogP contribution in [0.25, 0.3) is 0 Å². The number of thiazole rings is 1. The smallest absolute Gasteiger partial charge is 0.287 e. The van der Waals surface area contributed by atoms with Gasteiger partial charge in [0.05, 0.1) is 12.2 Å². The van der Waals surface area contributed by atoms with Crippen LogP contribution in [-0.2, 0) is 24.3 Å². The highest BCUT2D eigenvalue weighted by atomic mass is 79.9. The number of amides is 2. The summed E-state index contributed by atoms with van der Waals surface area (Å²) in [7, 11) is 0. The summed E-state index contributed by atoms with van der Waals surface area (Å²) in [6.07, 6.45) is 0.860. The second-order valence-corrected chi connectivity index (χ2v) is 8.53. The Morgan fingerprint density at radius 2 is 2.03 bits per heavy atom. The number of carbonyl (C=O) groups excluding carboxylic acids is 2. The summed E-state index contributed by atoms with van der Waals surface area (Å²) < 4.78 is 5.62. The highest BCUT2D eigenvalue weighted by Crippen LogP contribution is 2.29. The third-order valence-electron chi connectivity index (χ3n) is 4.51. The zero-order valence-electron chi connectivity index (χ0n) is 15.5. The van der Waals surface area contributed by atoms with E-state index in [1.807, 2.05) is 6.07 Å². The van der Waals surface area contributed by atoms with E-state index in [2.05, 4.69) is 60.7 Å². The van der Waals surface area contributed by atoms with E-state index in [1.54, 1.807) is 6.07 Å². The number of anilines is 1. The molecule has 0 saturated heterocycles. The van der Waals surface area contributed by atoms with Crippen molar-refractivity contribution in [2.45, 2.75) is 19.5 Å². The Balaban J connectivity index is 1.29. The number of fused-ring (bicyclic) bond motifs is 1. The van der Waals surface area contributed by atoms with Crippen molar-refractivity contribution in [2.75, 3.05) is 18.4 Å². The number of furan rings is 1. The van der Waals surface area contributed by atoms with Crippen LogP contribution in [-0.4, -0.2) is 34.8 Å². The topological polar surface area (TPSA) is 87.5 Å². The van der Waals surface area contributed by atoms with Crippen LogP contribution in [0, 0.1) is 0 Å². The molecular formula is C20H19BrN4O3S. The average Bonchev–Trinajstić information content (AvgIpc) is 3.32. The van der Waals surface area contributed by atoms with Gasteiger partial charge in [-0.3, -0.25) is 14.5 Å². The molecule has 29 heavy (non-hydrogen) atoms. The van der Waals surface area contributed by atoms with Crippen LogP contribution in [0.3, 0.4) is 0 Å². The van der Waals surface area contributed by atoms with Crippen molar-refractivity contribution in [1.29, 1.82) is 0 Å². The lowest BCUT2D eigenvalue weighted by Crippen LogP contribution is -2.32. The molecule has 0 bridgehead atoms. The molecule has 4 rings (SSSR count). The van der Waals surface area contributed by atoms with Crippen molar-refractivity contribution in [3.05, 3.63) is 69.0 Å². The van der Waals surface area contributed by atoms with Gasteiger partial charge in [-0.15, -0.1) is 11.3 Å². The number of benzene rings is 1. The number of hydrogen-bond donors (Lipinski definition) is 2. The fourth-order valence-electron chi connectivity index (χ4n) is 3.13. The maximum atomic E-state index is 12.2. The Morgan fingerprint density at radius 3 is 2.79 bits per heavy atom. The van der Waals surface area contributed by atoms with Gasteiger partial charge in [-0.2, -0.15) is 0 Å². The van der Waals surface area contributed by atoms with E-state index in [0.717, 1.165) is 31.7 Å². The molecule has 0 saturated carbocycles. The molecule has 1 aromatic carbocycles. The Morgan fingerprint density at radius 1 is 1.21 bits per heavy atom. The second-order valence-electron chi connectivity index (χ2n) is 6.67. The van der Waals surface area contributed by atoms with Gasteiger partial charge in [0.25, 0.3) is 5.91 Å². The molecule has 0 spiro atoms. The first-order valence-electron chi connectivity index (χ1n) is 9.15. The van der Waals surface area contributed by atoms with Gasteiger partial charge >= 0.3 is 0 Å².